The Morgan fingerprint density at radius 2 is 2.20 bits per heavy atom. The van der Waals surface area contributed by atoms with Gasteiger partial charge in [-0.15, -0.1) is 0 Å². The molecule has 2 aliphatic rings. The number of rotatable bonds is 3. The molecule has 0 radical (unpaired) electrons. The van der Waals surface area contributed by atoms with Crippen molar-refractivity contribution >= 4 is 0 Å². The summed E-state index contributed by atoms with van der Waals surface area (Å²) in [5.74, 6) is 0. The predicted octanol–water partition coefficient (Wildman–Crippen LogP) is 1.24. The second-order valence-electron chi connectivity index (χ2n) is 5.00. The lowest BCUT2D eigenvalue weighted by Crippen LogP contribution is -2.46. The Kier molecular flexibility index (Phi) is 4.42. The first kappa shape index (κ1) is 11.4. The molecule has 0 aromatic heterocycles. The van der Waals surface area contributed by atoms with Gasteiger partial charge in [-0.2, -0.15) is 0 Å². The van der Waals surface area contributed by atoms with E-state index < -0.39 is 0 Å². The molecular formula is C12H24N2O. The fraction of sp³-hybridized carbons (Fsp3) is 1.00. The average Bonchev–Trinajstić information content (AvgIpc) is 2.28. The molecule has 2 aliphatic heterocycles. The number of likely N-dealkylation sites (tertiary alicyclic amines) is 1. The Morgan fingerprint density at radius 1 is 1.27 bits per heavy atom. The van der Waals surface area contributed by atoms with Crippen LogP contribution in [0.15, 0.2) is 0 Å². The lowest BCUT2D eigenvalue weighted by molar-refractivity contribution is 0.0139. The molecule has 0 spiro atoms. The largest absolute Gasteiger partial charge is 0.377 e. The SMILES string of the molecule is CN1CCCC(NCC2CCCCO2)C1. The van der Waals surface area contributed by atoms with Crippen LogP contribution in [0, 0.1) is 0 Å². The Balaban J connectivity index is 1.63. The van der Waals surface area contributed by atoms with Crippen molar-refractivity contribution in [2.24, 2.45) is 0 Å². The monoisotopic (exact) mass is 212 g/mol. The molecule has 2 fully saturated rings. The van der Waals surface area contributed by atoms with E-state index >= 15 is 0 Å². The number of hydrogen-bond acceptors (Lipinski definition) is 3. The average molecular weight is 212 g/mol. The summed E-state index contributed by atoms with van der Waals surface area (Å²) in [4.78, 5) is 2.42. The van der Waals surface area contributed by atoms with Gasteiger partial charge in [-0.05, 0) is 45.7 Å². The number of nitrogens with one attached hydrogen (secondary N) is 1. The van der Waals surface area contributed by atoms with Gasteiger partial charge in [0.05, 0.1) is 6.10 Å². The van der Waals surface area contributed by atoms with E-state index in [0.29, 0.717) is 12.1 Å². The Labute approximate surface area is 93.2 Å². The first-order valence-electron chi connectivity index (χ1n) is 6.38. The second-order valence-corrected chi connectivity index (χ2v) is 5.00. The van der Waals surface area contributed by atoms with Crippen molar-refractivity contribution < 1.29 is 4.74 Å². The molecule has 1 N–H and O–H groups in total. The highest BCUT2D eigenvalue weighted by atomic mass is 16.5. The normalized spacial score (nSPS) is 34.2. The number of ether oxygens (including phenoxy) is 1. The van der Waals surface area contributed by atoms with E-state index in [4.69, 9.17) is 4.74 Å². The third-order valence-electron chi connectivity index (χ3n) is 3.53. The van der Waals surface area contributed by atoms with Crippen LogP contribution in [-0.4, -0.2) is 50.3 Å². The van der Waals surface area contributed by atoms with E-state index in [0.717, 1.165) is 13.2 Å². The molecule has 0 amide bonds. The van der Waals surface area contributed by atoms with E-state index in [1.807, 2.05) is 0 Å². The molecular weight excluding hydrogens is 188 g/mol. The molecule has 2 saturated heterocycles. The number of nitrogens with zero attached hydrogens (tertiary/aromatic N) is 1. The van der Waals surface area contributed by atoms with Gasteiger partial charge in [0.15, 0.2) is 0 Å². The minimum atomic E-state index is 0.478. The number of likely N-dealkylation sites (N-methyl/N-ethyl adjacent to an activating group) is 1. The molecule has 0 aromatic carbocycles. The van der Waals surface area contributed by atoms with Crippen molar-refractivity contribution in [2.75, 3.05) is 33.3 Å². The summed E-state index contributed by atoms with van der Waals surface area (Å²) >= 11 is 0. The molecule has 15 heavy (non-hydrogen) atoms. The minimum Gasteiger partial charge on any atom is -0.377 e. The van der Waals surface area contributed by atoms with E-state index in [-0.39, 0.29) is 0 Å². The first-order valence-corrected chi connectivity index (χ1v) is 6.38. The van der Waals surface area contributed by atoms with Crippen LogP contribution in [0.1, 0.15) is 32.1 Å². The maximum Gasteiger partial charge on any atom is 0.0699 e. The predicted molar refractivity (Wildman–Crippen MR) is 62.1 cm³/mol. The van der Waals surface area contributed by atoms with Gasteiger partial charge >= 0.3 is 0 Å². The highest BCUT2D eigenvalue weighted by Crippen LogP contribution is 2.13. The maximum absolute atomic E-state index is 5.72. The Morgan fingerprint density at radius 3 is 2.93 bits per heavy atom. The molecule has 2 heterocycles. The van der Waals surface area contributed by atoms with E-state index in [1.165, 1.54) is 45.2 Å². The molecule has 0 bridgehead atoms. The van der Waals surface area contributed by atoms with E-state index in [2.05, 4.69) is 17.3 Å². The minimum absolute atomic E-state index is 0.478. The van der Waals surface area contributed by atoms with Crippen molar-refractivity contribution in [1.29, 1.82) is 0 Å². The molecule has 0 saturated carbocycles. The molecule has 0 aliphatic carbocycles. The van der Waals surface area contributed by atoms with E-state index in [1.54, 1.807) is 0 Å². The standard InChI is InChI=1S/C12H24N2O/c1-14-7-4-5-11(10-14)13-9-12-6-2-3-8-15-12/h11-13H,2-10H2,1H3. The summed E-state index contributed by atoms with van der Waals surface area (Å²) in [6.45, 7) is 4.49. The molecule has 2 rings (SSSR count). The smallest absolute Gasteiger partial charge is 0.0699 e. The van der Waals surface area contributed by atoms with Crippen LogP contribution in [-0.2, 0) is 4.74 Å². The fourth-order valence-electron chi connectivity index (χ4n) is 2.60. The maximum atomic E-state index is 5.72. The van der Waals surface area contributed by atoms with Crippen LogP contribution >= 0.6 is 0 Å². The van der Waals surface area contributed by atoms with E-state index in [9.17, 15) is 0 Å². The number of hydrogen-bond donors (Lipinski definition) is 1. The quantitative estimate of drug-likeness (QED) is 0.762. The Hall–Kier alpha value is -0.120. The lowest BCUT2D eigenvalue weighted by atomic mass is 10.0. The summed E-state index contributed by atoms with van der Waals surface area (Å²) < 4.78 is 5.72. The zero-order valence-corrected chi connectivity index (χ0v) is 9.87. The molecule has 2 atom stereocenters. The fourth-order valence-corrected chi connectivity index (χ4v) is 2.60. The molecule has 0 aromatic rings. The summed E-state index contributed by atoms with van der Waals surface area (Å²) in [6.07, 6.45) is 6.98. The van der Waals surface area contributed by atoms with Gasteiger partial charge in [-0.1, -0.05) is 0 Å². The van der Waals surface area contributed by atoms with Crippen LogP contribution in [0.2, 0.25) is 0 Å². The van der Waals surface area contributed by atoms with Gasteiger partial charge in [0.2, 0.25) is 0 Å². The van der Waals surface area contributed by atoms with Crippen molar-refractivity contribution in [2.45, 2.75) is 44.2 Å². The molecule has 3 nitrogen and oxygen atoms in total. The van der Waals surface area contributed by atoms with Gasteiger partial charge in [0.1, 0.15) is 0 Å². The summed E-state index contributed by atoms with van der Waals surface area (Å²) in [7, 11) is 2.21. The second kappa shape index (κ2) is 5.83. The van der Waals surface area contributed by atoms with Gasteiger partial charge in [-0.25, -0.2) is 0 Å². The van der Waals surface area contributed by atoms with Crippen LogP contribution < -0.4 is 5.32 Å². The van der Waals surface area contributed by atoms with Crippen molar-refractivity contribution in [3.63, 3.8) is 0 Å². The van der Waals surface area contributed by atoms with Crippen molar-refractivity contribution in [3.8, 4) is 0 Å². The van der Waals surface area contributed by atoms with Crippen LogP contribution in [0.3, 0.4) is 0 Å². The van der Waals surface area contributed by atoms with Crippen LogP contribution in [0.25, 0.3) is 0 Å². The number of piperidine rings is 1. The zero-order valence-electron chi connectivity index (χ0n) is 9.87. The molecule has 3 heteroatoms. The third kappa shape index (κ3) is 3.74. The molecule has 88 valence electrons. The van der Waals surface area contributed by atoms with Crippen LogP contribution in [0.5, 0.6) is 0 Å². The highest BCUT2D eigenvalue weighted by molar-refractivity contribution is 4.78. The zero-order chi connectivity index (χ0) is 10.5. The van der Waals surface area contributed by atoms with Gasteiger partial charge in [0, 0.05) is 25.7 Å². The van der Waals surface area contributed by atoms with Gasteiger partial charge < -0.3 is 15.0 Å². The topological polar surface area (TPSA) is 24.5 Å². The van der Waals surface area contributed by atoms with Crippen molar-refractivity contribution in [1.82, 2.24) is 10.2 Å². The first-order chi connectivity index (χ1) is 7.34. The highest BCUT2D eigenvalue weighted by Gasteiger charge is 2.19. The summed E-state index contributed by atoms with van der Waals surface area (Å²) in [5, 5.41) is 3.66. The third-order valence-corrected chi connectivity index (χ3v) is 3.53. The molecule has 2 unspecified atom stereocenters. The Bertz CT molecular complexity index is 180. The summed E-state index contributed by atoms with van der Waals surface area (Å²) in [6, 6.07) is 0.689. The summed E-state index contributed by atoms with van der Waals surface area (Å²) in [5.41, 5.74) is 0. The van der Waals surface area contributed by atoms with Crippen molar-refractivity contribution in [3.05, 3.63) is 0 Å². The van der Waals surface area contributed by atoms with Gasteiger partial charge in [-0.3, -0.25) is 0 Å². The lowest BCUT2D eigenvalue weighted by Gasteiger charge is -2.32. The van der Waals surface area contributed by atoms with Crippen LogP contribution in [0.4, 0.5) is 0 Å². The van der Waals surface area contributed by atoms with Gasteiger partial charge in [0.25, 0.3) is 0 Å².